The third-order valence-corrected chi connectivity index (χ3v) is 2.72. The van der Waals surface area contributed by atoms with E-state index in [1.807, 2.05) is 37.3 Å². The van der Waals surface area contributed by atoms with E-state index in [2.05, 4.69) is 5.16 Å². The number of hydrogen-bond acceptors (Lipinski definition) is 3. The number of nitrogens with zero attached hydrogens (tertiary/aromatic N) is 1. The highest BCUT2D eigenvalue weighted by atomic mass is 16.6. The average Bonchev–Trinajstić information content (AvgIpc) is 2.78. The summed E-state index contributed by atoms with van der Waals surface area (Å²) in [5, 5.41) is 13.1. The zero-order valence-corrected chi connectivity index (χ0v) is 8.76. The van der Waals surface area contributed by atoms with Gasteiger partial charge in [0.05, 0.1) is 5.71 Å². The molecule has 3 heteroatoms. The van der Waals surface area contributed by atoms with Crippen LogP contribution < -0.4 is 0 Å². The summed E-state index contributed by atoms with van der Waals surface area (Å²) in [6, 6.07) is 10.00. The smallest absolute Gasteiger partial charge is 0.137 e. The average molecular weight is 205 g/mol. The van der Waals surface area contributed by atoms with E-state index in [4.69, 9.17) is 9.94 Å². The third-order valence-electron chi connectivity index (χ3n) is 2.72. The van der Waals surface area contributed by atoms with Crippen molar-refractivity contribution in [3.05, 3.63) is 35.9 Å². The SMILES string of the molecule is C[C@H](CO)[C@@H]1CC(c2ccccc2)=NO1. The van der Waals surface area contributed by atoms with E-state index in [0.29, 0.717) is 0 Å². The lowest BCUT2D eigenvalue weighted by Gasteiger charge is -2.13. The summed E-state index contributed by atoms with van der Waals surface area (Å²) in [6.07, 6.45) is 0.802. The van der Waals surface area contributed by atoms with E-state index in [1.165, 1.54) is 0 Å². The van der Waals surface area contributed by atoms with Gasteiger partial charge >= 0.3 is 0 Å². The first-order valence-electron chi connectivity index (χ1n) is 5.20. The molecule has 1 aromatic rings. The Morgan fingerprint density at radius 3 is 2.87 bits per heavy atom. The molecule has 1 aliphatic rings. The Bertz CT molecular complexity index is 348. The van der Waals surface area contributed by atoms with Crippen LogP contribution in [0.4, 0.5) is 0 Å². The zero-order valence-electron chi connectivity index (χ0n) is 8.76. The maximum absolute atomic E-state index is 9.02. The Labute approximate surface area is 89.4 Å². The summed E-state index contributed by atoms with van der Waals surface area (Å²) in [6.45, 7) is 2.11. The van der Waals surface area contributed by atoms with Crippen LogP contribution in [0, 0.1) is 5.92 Å². The van der Waals surface area contributed by atoms with Gasteiger partial charge in [0.15, 0.2) is 0 Å². The summed E-state index contributed by atoms with van der Waals surface area (Å²) < 4.78 is 0. The van der Waals surface area contributed by atoms with Crippen LogP contribution >= 0.6 is 0 Å². The maximum atomic E-state index is 9.02. The standard InChI is InChI=1S/C12H15NO2/c1-9(8-14)12-7-11(13-15-12)10-5-3-2-4-6-10/h2-6,9,12,14H,7-8H2,1H3/t9-,12+/m1/s1. The van der Waals surface area contributed by atoms with E-state index in [0.717, 1.165) is 17.7 Å². The van der Waals surface area contributed by atoms with Crippen molar-refractivity contribution >= 4 is 5.71 Å². The van der Waals surface area contributed by atoms with E-state index in [-0.39, 0.29) is 18.6 Å². The molecule has 0 bridgehead atoms. The molecule has 2 atom stereocenters. The van der Waals surface area contributed by atoms with Gasteiger partial charge in [0.25, 0.3) is 0 Å². The maximum Gasteiger partial charge on any atom is 0.137 e. The first-order chi connectivity index (χ1) is 7.31. The highest BCUT2D eigenvalue weighted by Crippen LogP contribution is 2.21. The molecule has 80 valence electrons. The molecule has 1 N–H and O–H groups in total. The monoisotopic (exact) mass is 205 g/mol. The lowest BCUT2D eigenvalue weighted by Crippen LogP contribution is -2.21. The molecule has 1 heterocycles. The summed E-state index contributed by atoms with van der Waals surface area (Å²) in [5.74, 6) is 0.134. The zero-order chi connectivity index (χ0) is 10.7. The molecular weight excluding hydrogens is 190 g/mol. The summed E-state index contributed by atoms with van der Waals surface area (Å²) in [4.78, 5) is 5.30. The van der Waals surface area contributed by atoms with Gasteiger partial charge in [0.2, 0.25) is 0 Å². The number of benzene rings is 1. The van der Waals surface area contributed by atoms with Crippen LogP contribution in [-0.4, -0.2) is 23.5 Å². The molecule has 0 aliphatic carbocycles. The molecular formula is C12H15NO2. The Hall–Kier alpha value is -1.35. The van der Waals surface area contributed by atoms with Crippen LogP contribution in [0.1, 0.15) is 18.9 Å². The van der Waals surface area contributed by atoms with Crippen molar-refractivity contribution in [2.75, 3.05) is 6.61 Å². The summed E-state index contributed by atoms with van der Waals surface area (Å²) in [5.41, 5.74) is 2.08. The molecule has 0 amide bonds. The molecule has 0 saturated heterocycles. The Morgan fingerprint density at radius 1 is 1.47 bits per heavy atom. The minimum absolute atomic E-state index is 0.0187. The van der Waals surface area contributed by atoms with E-state index in [1.54, 1.807) is 0 Å². The molecule has 15 heavy (non-hydrogen) atoms. The minimum atomic E-state index is 0.0187. The van der Waals surface area contributed by atoms with Crippen molar-refractivity contribution in [3.8, 4) is 0 Å². The van der Waals surface area contributed by atoms with Gasteiger partial charge in [-0.15, -0.1) is 0 Å². The second kappa shape index (κ2) is 4.45. The van der Waals surface area contributed by atoms with Crippen LogP contribution in [0.15, 0.2) is 35.5 Å². The molecule has 0 fully saturated rings. The van der Waals surface area contributed by atoms with Gasteiger partial charge in [-0.25, -0.2) is 0 Å². The summed E-state index contributed by atoms with van der Waals surface area (Å²) in [7, 11) is 0. The molecule has 0 spiro atoms. The lowest BCUT2D eigenvalue weighted by molar-refractivity contribution is 0.0250. The predicted octanol–water partition coefficient (Wildman–Crippen LogP) is 1.81. The second-order valence-electron chi connectivity index (χ2n) is 3.91. The van der Waals surface area contributed by atoms with Crippen molar-refractivity contribution in [1.82, 2.24) is 0 Å². The molecule has 0 aromatic heterocycles. The predicted molar refractivity (Wildman–Crippen MR) is 58.7 cm³/mol. The van der Waals surface area contributed by atoms with Gasteiger partial charge in [0, 0.05) is 18.9 Å². The van der Waals surface area contributed by atoms with Gasteiger partial charge in [-0.3, -0.25) is 0 Å². The lowest BCUT2D eigenvalue weighted by atomic mass is 9.98. The quantitative estimate of drug-likeness (QED) is 0.817. The first kappa shape index (κ1) is 10.2. The van der Waals surface area contributed by atoms with Crippen LogP contribution in [0.5, 0.6) is 0 Å². The molecule has 2 rings (SSSR count). The van der Waals surface area contributed by atoms with E-state index in [9.17, 15) is 0 Å². The van der Waals surface area contributed by atoms with E-state index < -0.39 is 0 Å². The largest absolute Gasteiger partial charge is 0.396 e. The second-order valence-corrected chi connectivity index (χ2v) is 3.91. The molecule has 0 radical (unpaired) electrons. The van der Waals surface area contributed by atoms with Crippen LogP contribution in [0.25, 0.3) is 0 Å². The van der Waals surface area contributed by atoms with Crippen LogP contribution in [0.3, 0.4) is 0 Å². The van der Waals surface area contributed by atoms with E-state index >= 15 is 0 Å². The molecule has 1 aliphatic heterocycles. The molecule has 1 aromatic carbocycles. The number of aliphatic hydroxyl groups excluding tert-OH is 1. The Morgan fingerprint density at radius 2 is 2.20 bits per heavy atom. The van der Waals surface area contributed by atoms with Crippen LogP contribution in [-0.2, 0) is 4.84 Å². The molecule has 0 unspecified atom stereocenters. The third kappa shape index (κ3) is 2.18. The normalized spacial score (nSPS) is 22.0. The Kier molecular flexibility index (Phi) is 3.02. The highest BCUT2D eigenvalue weighted by molar-refractivity contribution is 6.01. The first-order valence-corrected chi connectivity index (χ1v) is 5.20. The van der Waals surface area contributed by atoms with Gasteiger partial charge in [-0.05, 0) is 5.56 Å². The number of oxime groups is 1. The Balaban J connectivity index is 2.04. The fraction of sp³-hybridized carbons (Fsp3) is 0.417. The summed E-state index contributed by atoms with van der Waals surface area (Å²) >= 11 is 0. The highest BCUT2D eigenvalue weighted by Gasteiger charge is 2.26. The van der Waals surface area contributed by atoms with Gasteiger partial charge in [-0.1, -0.05) is 42.4 Å². The van der Waals surface area contributed by atoms with Gasteiger partial charge in [-0.2, -0.15) is 0 Å². The molecule has 3 nitrogen and oxygen atoms in total. The van der Waals surface area contributed by atoms with Crippen molar-refractivity contribution in [1.29, 1.82) is 0 Å². The number of rotatable bonds is 3. The van der Waals surface area contributed by atoms with Gasteiger partial charge in [0.1, 0.15) is 6.10 Å². The fourth-order valence-electron chi connectivity index (χ4n) is 1.62. The topological polar surface area (TPSA) is 41.8 Å². The van der Waals surface area contributed by atoms with Crippen molar-refractivity contribution in [2.45, 2.75) is 19.4 Å². The minimum Gasteiger partial charge on any atom is -0.396 e. The number of hydrogen-bond donors (Lipinski definition) is 1. The van der Waals surface area contributed by atoms with Gasteiger partial charge < -0.3 is 9.94 Å². The van der Waals surface area contributed by atoms with Crippen molar-refractivity contribution in [3.63, 3.8) is 0 Å². The fourth-order valence-corrected chi connectivity index (χ4v) is 1.62. The van der Waals surface area contributed by atoms with Crippen molar-refractivity contribution < 1.29 is 9.94 Å². The molecule has 0 saturated carbocycles. The number of aliphatic hydroxyl groups is 1. The van der Waals surface area contributed by atoms with Crippen LogP contribution in [0.2, 0.25) is 0 Å². The van der Waals surface area contributed by atoms with Crippen molar-refractivity contribution in [2.24, 2.45) is 11.1 Å².